The van der Waals surface area contributed by atoms with Gasteiger partial charge in [-0.15, -0.1) is 10.2 Å². The second-order valence-electron chi connectivity index (χ2n) is 7.67. The molecule has 1 fully saturated rings. The molecule has 2 N–H and O–H groups in total. The van der Waals surface area contributed by atoms with Gasteiger partial charge in [0.25, 0.3) is 5.91 Å². The molecule has 3 aromatic rings. The van der Waals surface area contributed by atoms with Gasteiger partial charge < -0.3 is 20.3 Å². The van der Waals surface area contributed by atoms with Crippen molar-refractivity contribution < 1.29 is 18.7 Å². The first-order valence-corrected chi connectivity index (χ1v) is 11.4. The molecule has 0 radical (unpaired) electrons. The first kappa shape index (κ1) is 22.7. The van der Waals surface area contributed by atoms with Crippen molar-refractivity contribution in [3.8, 4) is 5.75 Å². The number of piperidine rings is 1. The summed E-state index contributed by atoms with van der Waals surface area (Å²) < 4.78 is 18.1. The minimum Gasteiger partial charge on any atom is -0.497 e. The van der Waals surface area contributed by atoms with Crippen molar-refractivity contribution in [1.82, 2.24) is 20.4 Å². The van der Waals surface area contributed by atoms with Gasteiger partial charge in [-0.25, -0.2) is 9.18 Å². The third-order valence-electron chi connectivity index (χ3n) is 5.47. The molecule has 1 aromatic heterocycles. The van der Waals surface area contributed by atoms with E-state index in [9.17, 15) is 14.0 Å². The van der Waals surface area contributed by atoms with Crippen molar-refractivity contribution >= 4 is 29.0 Å². The molecule has 1 aliphatic heterocycles. The van der Waals surface area contributed by atoms with Crippen molar-refractivity contribution in [2.45, 2.75) is 25.3 Å². The highest BCUT2D eigenvalue weighted by atomic mass is 32.1. The maximum absolute atomic E-state index is 13.0. The zero-order chi connectivity index (χ0) is 23.2. The number of aromatic nitrogens is 2. The van der Waals surface area contributed by atoms with Gasteiger partial charge in [-0.3, -0.25) is 4.79 Å². The van der Waals surface area contributed by atoms with E-state index >= 15 is 0 Å². The minimum absolute atomic E-state index is 0.144. The summed E-state index contributed by atoms with van der Waals surface area (Å²) in [5.74, 6) is 0.264. The largest absolute Gasteiger partial charge is 0.497 e. The molecular formula is C23H24FN5O3S. The maximum atomic E-state index is 13.0. The number of carbonyl (C=O) groups is 2. The number of likely N-dealkylation sites (tertiary alicyclic amines) is 1. The van der Waals surface area contributed by atoms with Crippen LogP contribution in [-0.4, -0.2) is 47.2 Å². The van der Waals surface area contributed by atoms with E-state index in [1.54, 1.807) is 48.4 Å². The van der Waals surface area contributed by atoms with Crippen LogP contribution in [0.2, 0.25) is 0 Å². The molecule has 8 nitrogen and oxygen atoms in total. The lowest BCUT2D eigenvalue weighted by molar-refractivity contribution is 0.102. The Morgan fingerprint density at radius 2 is 1.79 bits per heavy atom. The molecule has 2 heterocycles. The van der Waals surface area contributed by atoms with Crippen LogP contribution in [0.1, 0.15) is 39.1 Å². The van der Waals surface area contributed by atoms with Crippen molar-refractivity contribution in [1.29, 1.82) is 0 Å². The fourth-order valence-electron chi connectivity index (χ4n) is 3.57. The Bertz CT molecular complexity index is 1100. The zero-order valence-corrected chi connectivity index (χ0v) is 18.9. The van der Waals surface area contributed by atoms with E-state index in [2.05, 4.69) is 20.8 Å². The molecule has 2 aromatic carbocycles. The van der Waals surface area contributed by atoms with Crippen LogP contribution in [0.3, 0.4) is 0 Å². The van der Waals surface area contributed by atoms with E-state index in [1.807, 2.05) is 0 Å². The number of hydrogen-bond acceptors (Lipinski definition) is 6. The number of anilines is 1. The van der Waals surface area contributed by atoms with Crippen molar-refractivity contribution in [2.75, 3.05) is 25.5 Å². The van der Waals surface area contributed by atoms with Gasteiger partial charge in [0.2, 0.25) is 5.01 Å². The van der Waals surface area contributed by atoms with Gasteiger partial charge >= 0.3 is 6.03 Å². The van der Waals surface area contributed by atoms with Gasteiger partial charge in [0.05, 0.1) is 7.11 Å². The summed E-state index contributed by atoms with van der Waals surface area (Å²) in [4.78, 5) is 26.7. The Morgan fingerprint density at radius 3 is 2.45 bits per heavy atom. The Hall–Kier alpha value is -3.53. The third-order valence-corrected chi connectivity index (χ3v) is 6.56. The second-order valence-corrected chi connectivity index (χ2v) is 8.68. The van der Waals surface area contributed by atoms with E-state index < -0.39 is 0 Å². The van der Waals surface area contributed by atoms with Gasteiger partial charge in [-0.1, -0.05) is 23.5 Å². The number of hydrogen-bond donors (Lipinski definition) is 2. The fourth-order valence-corrected chi connectivity index (χ4v) is 4.48. The quantitative estimate of drug-likeness (QED) is 0.568. The number of carbonyl (C=O) groups excluding carboxylic acids is 2. The number of halogens is 1. The lowest BCUT2D eigenvalue weighted by Crippen LogP contribution is -2.43. The predicted octanol–water partition coefficient (Wildman–Crippen LogP) is 4.03. The van der Waals surface area contributed by atoms with Crippen LogP contribution < -0.4 is 15.4 Å². The number of nitrogens with zero attached hydrogens (tertiary/aromatic N) is 3. The van der Waals surface area contributed by atoms with Crippen LogP contribution in [0.5, 0.6) is 5.75 Å². The Morgan fingerprint density at radius 1 is 1.09 bits per heavy atom. The Balaban J connectivity index is 1.26. The monoisotopic (exact) mass is 469 g/mol. The highest BCUT2D eigenvalue weighted by molar-refractivity contribution is 7.13. The average Bonchev–Trinajstić information content (AvgIpc) is 3.35. The molecule has 10 heteroatoms. The van der Waals surface area contributed by atoms with Crippen LogP contribution in [0.4, 0.5) is 14.9 Å². The summed E-state index contributed by atoms with van der Waals surface area (Å²) >= 11 is 1.28. The second kappa shape index (κ2) is 10.4. The molecule has 0 aliphatic carbocycles. The van der Waals surface area contributed by atoms with E-state index in [4.69, 9.17) is 4.74 Å². The first-order valence-electron chi connectivity index (χ1n) is 10.6. The summed E-state index contributed by atoms with van der Waals surface area (Å²) in [6, 6.07) is 13.0. The first-order chi connectivity index (χ1) is 16.0. The summed E-state index contributed by atoms with van der Waals surface area (Å²) in [6.07, 6.45) is 1.50. The number of nitrogens with one attached hydrogen (secondary N) is 2. The van der Waals surface area contributed by atoms with E-state index in [0.29, 0.717) is 36.1 Å². The van der Waals surface area contributed by atoms with Crippen LogP contribution >= 0.6 is 11.3 Å². The summed E-state index contributed by atoms with van der Waals surface area (Å²) in [7, 11) is 1.58. The van der Waals surface area contributed by atoms with E-state index in [-0.39, 0.29) is 23.7 Å². The Labute approximate surface area is 194 Å². The van der Waals surface area contributed by atoms with E-state index in [0.717, 1.165) is 23.4 Å². The zero-order valence-electron chi connectivity index (χ0n) is 18.1. The molecule has 0 atom stereocenters. The molecule has 3 amide bonds. The lowest BCUT2D eigenvalue weighted by atomic mass is 9.98. The predicted molar refractivity (Wildman–Crippen MR) is 123 cm³/mol. The number of urea groups is 1. The standard InChI is InChI=1S/C23H24FN5O3S/c1-32-19-8-6-18(7-9-19)26-20(30)22-28-27-21(33-22)16-10-12-29(13-11-16)23(31)25-14-15-2-4-17(24)5-3-15/h2-9,16H,10-14H2,1H3,(H,25,31)(H,26,30). The van der Waals surface area contributed by atoms with Crippen LogP contribution in [0, 0.1) is 5.82 Å². The van der Waals surface area contributed by atoms with Crippen molar-refractivity contribution in [3.05, 3.63) is 69.9 Å². The molecule has 1 saturated heterocycles. The summed E-state index contributed by atoms with van der Waals surface area (Å²) in [5, 5.41) is 15.1. The molecule has 0 spiro atoms. The van der Waals surface area contributed by atoms with Crippen LogP contribution in [-0.2, 0) is 6.54 Å². The topological polar surface area (TPSA) is 96.4 Å². The fraction of sp³-hybridized carbons (Fsp3) is 0.304. The molecule has 0 saturated carbocycles. The molecule has 0 unspecified atom stereocenters. The summed E-state index contributed by atoms with van der Waals surface area (Å²) in [5.41, 5.74) is 1.49. The molecule has 172 valence electrons. The average molecular weight is 470 g/mol. The molecule has 4 rings (SSSR count). The Kier molecular flexibility index (Phi) is 7.13. The normalized spacial score (nSPS) is 14.1. The highest BCUT2D eigenvalue weighted by Gasteiger charge is 2.27. The van der Waals surface area contributed by atoms with Gasteiger partial charge in [-0.2, -0.15) is 0 Å². The van der Waals surface area contributed by atoms with Crippen molar-refractivity contribution in [3.63, 3.8) is 0 Å². The molecule has 33 heavy (non-hydrogen) atoms. The third kappa shape index (κ3) is 5.83. The maximum Gasteiger partial charge on any atom is 0.317 e. The van der Waals surface area contributed by atoms with Crippen LogP contribution in [0.25, 0.3) is 0 Å². The van der Waals surface area contributed by atoms with Gasteiger partial charge in [0.15, 0.2) is 0 Å². The minimum atomic E-state index is -0.304. The van der Waals surface area contributed by atoms with Crippen molar-refractivity contribution in [2.24, 2.45) is 0 Å². The van der Waals surface area contributed by atoms with Crippen LogP contribution in [0.15, 0.2) is 48.5 Å². The van der Waals surface area contributed by atoms with E-state index in [1.165, 1.54) is 23.5 Å². The number of amides is 3. The van der Waals surface area contributed by atoms with Gasteiger partial charge in [0, 0.05) is 31.2 Å². The lowest BCUT2D eigenvalue weighted by Gasteiger charge is -2.31. The molecular weight excluding hydrogens is 445 g/mol. The molecule has 1 aliphatic rings. The van der Waals surface area contributed by atoms with Gasteiger partial charge in [-0.05, 0) is 54.8 Å². The smallest absolute Gasteiger partial charge is 0.317 e. The molecule has 0 bridgehead atoms. The summed E-state index contributed by atoms with van der Waals surface area (Å²) in [6.45, 7) is 1.53. The highest BCUT2D eigenvalue weighted by Crippen LogP contribution is 2.30. The number of ether oxygens (including phenoxy) is 1. The number of rotatable bonds is 6. The van der Waals surface area contributed by atoms with Gasteiger partial charge in [0.1, 0.15) is 16.6 Å². The SMILES string of the molecule is COc1ccc(NC(=O)c2nnc(C3CCN(C(=O)NCc4ccc(F)cc4)CC3)s2)cc1. The number of methoxy groups -OCH3 is 1. The number of benzene rings is 2.